The second kappa shape index (κ2) is 5.54. The molecule has 7 heteroatoms. The summed E-state index contributed by atoms with van der Waals surface area (Å²) < 4.78 is 0. The maximum absolute atomic E-state index is 10.6. The number of benzene rings is 2. The fourth-order valence-electron chi connectivity index (χ4n) is 2.13. The van der Waals surface area contributed by atoms with Gasteiger partial charge in [0.25, 0.3) is 5.69 Å². The van der Waals surface area contributed by atoms with Gasteiger partial charge in [-0.1, -0.05) is 18.2 Å². The number of rotatable bonds is 4. The lowest BCUT2D eigenvalue weighted by atomic mass is 10.2. The van der Waals surface area contributed by atoms with Gasteiger partial charge in [-0.25, -0.2) is 4.98 Å². The van der Waals surface area contributed by atoms with Crippen LogP contribution in [0.3, 0.4) is 0 Å². The van der Waals surface area contributed by atoms with Crippen molar-refractivity contribution in [3.05, 3.63) is 63.7 Å². The zero-order valence-corrected chi connectivity index (χ0v) is 11.4. The Morgan fingerprint density at radius 2 is 2.05 bits per heavy atom. The van der Waals surface area contributed by atoms with Crippen molar-refractivity contribution >= 4 is 22.7 Å². The number of aromatic nitrogens is 2. The molecule has 108 valence electrons. The van der Waals surface area contributed by atoms with Crippen molar-refractivity contribution in [2.75, 3.05) is 5.32 Å². The van der Waals surface area contributed by atoms with Crippen LogP contribution < -0.4 is 5.32 Å². The molecule has 1 heterocycles. The maximum atomic E-state index is 10.6. The third kappa shape index (κ3) is 2.58. The minimum Gasteiger partial charge on any atom is -0.352 e. The fraction of sp³-hybridized carbons (Fsp3) is 0.0667. The highest BCUT2D eigenvalue weighted by Gasteiger charge is 2.07. The van der Waals surface area contributed by atoms with E-state index in [1.165, 1.54) is 12.1 Å². The van der Waals surface area contributed by atoms with Crippen molar-refractivity contribution in [3.63, 3.8) is 0 Å². The van der Waals surface area contributed by atoms with Crippen LogP contribution in [0.15, 0.2) is 42.5 Å². The molecule has 0 saturated carbocycles. The van der Waals surface area contributed by atoms with Crippen LogP contribution in [0, 0.1) is 21.4 Å². The average molecular weight is 293 g/mol. The van der Waals surface area contributed by atoms with E-state index >= 15 is 0 Å². The number of nitrogens with zero attached hydrogens (tertiary/aromatic N) is 3. The lowest BCUT2D eigenvalue weighted by Gasteiger charge is -2.02. The third-order valence-corrected chi connectivity index (χ3v) is 3.24. The van der Waals surface area contributed by atoms with E-state index in [4.69, 9.17) is 5.26 Å². The van der Waals surface area contributed by atoms with Gasteiger partial charge in [-0.2, -0.15) is 5.26 Å². The summed E-state index contributed by atoms with van der Waals surface area (Å²) >= 11 is 0. The molecule has 0 radical (unpaired) electrons. The summed E-state index contributed by atoms with van der Waals surface area (Å²) in [5.41, 5.74) is 2.87. The van der Waals surface area contributed by atoms with Crippen LogP contribution in [-0.2, 0) is 6.54 Å². The van der Waals surface area contributed by atoms with Gasteiger partial charge in [0.2, 0.25) is 5.95 Å². The van der Waals surface area contributed by atoms with E-state index in [1.54, 1.807) is 24.3 Å². The number of hydrogen-bond acceptors (Lipinski definition) is 5. The molecule has 0 fully saturated rings. The molecule has 2 N–H and O–H groups in total. The van der Waals surface area contributed by atoms with E-state index in [2.05, 4.69) is 21.4 Å². The van der Waals surface area contributed by atoms with Crippen molar-refractivity contribution in [1.29, 1.82) is 5.26 Å². The van der Waals surface area contributed by atoms with E-state index in [1.807, 2.05) is 6.07 Å². The number of nitrogens with one attached hydrogen (secondary N) is 2. The topological polar surface area (TPSA) is 108 Å². The largest absolute Gasteiger partial charge is 0.352 e. The molecule has 2 aromatic carbocycles. The molecule has 0 aliphatic heterocycles. The van der Waals surface area contributed by atoms with Crippen LogP contribution in [0.5, 0.6) is 0 Å². The Morgan fingerprint density at radius 3 is 2.73 bits per heavy atom. The molecule has 3 rings (SSSR count). The van der Waals surface area contributed by atoms with Crippen molar-refractivity contribution in [2.45, 2.75) is 6.54 Å². The second-order valence-corrected chi connectivity index (χ2v) is 4.68. The number of aromatic amines is 1. The number of nitro groups is 1. The number of non-ortho nitro benzene ring substituents is 1. The Morgan fingerprint density at radius 1 is 1.27 bits per heavy atom. The standard InChI is InChI=1S/C15H11N5O2/c16-8-11-2-1-3-13-14(11)19-15(18-13)17-9-10-4-6-12(7-5-10)20(21)22/h1-7H,9H2,(H2,17,18,19). The van der Waals surface area contributed by atoms with Crippen LogP contribution in [-0.4, -0.2) is 14.9 Å². The summed E-state index contributed by atoms with van der Waals surface area (Å²) in [6, 6.07) is 13.8. The van der Waals surface area contributed by atoms with Gasteiger partial charge in [-0.3, -0.25) is 10.1 Å². The molecule has 0 atom stereocenters. The number of para-hydroxylation sites is 1. The van der Waals surface area contributed by atoms with Crippen LogP contribution in [0.2, 0.25) is 0 Å². The van der Waals surface area contributed by atoms with Crippen molar-refractivity contribution in [3.8, 4) is 6.07 Å². The molecule has 0 aliphatic carbocycles. The monoisotopic (exact) mass is 293 g/mol. The predicted molar refractivity (Wildman–Crippen MR) is 81.2 cm³/mol. The van der Waals surface area contributed by atoms with E-state index < -0.39 is 4.92 Å². The summed E-state index contributed by atoms with van der Waals surface area (Å²) in [5.74, 6) is 0.552. The van der Waals surface area contributed by atoms with Gasteiger partial charge in [-0.15, -0.1) is 0 Å². The number of anilines is 1. The number of imidazole rings is 1. The van der Waals surface area contributed by atoms with Gasteiger partial charge >= 0.3 is 0 Å². The Labute approximate surface area is 125 Å². The van der Waals surface area contributed by atoms with Gasteiger partial charge in [-0.05, 0) is 17.7 Å². The van der Waals surface area contributed by atoms with Gasteiger partial charge < -0.3 is 10.3 Å². The molecule has 1 aromatic heterocycles. The predicted octanol–water partition coefficient (Wildman–Crippen LogP) is 2.95. The lowest BCUT2D eigenvalue weighted by molar-refractivity contribution is -0.384. The normalized spacial score (nSPS) is 10.3. The zero-order chi connectivity index (χ0) is 15.5. The molecule has 0 spiro atoms. The molecule has 7 nitrogen and oxygen atoms in total. The highest BCUT2D eigenvalue weighted by Crippen LogP contribution is 2.19. The SMILES string of the molecule is N#Cc1cccc2[nH]c(NCc3ccc([N+](=O)[O-])cc3)nc12. The van der Waals surface area contributed by atoms with Gasteiger partial charge in [0.05, 0.1) is 16.0 Å². The van der Waals surface area contributed by atoms with Gasteiger partial charge in [0.15, 0.2) is 0 Å². The number of nitriles is 1. The molecular formula is C15H11N5O2. The highest BCUT2D eigenvalue weighted by molar-refractivity contribution is 5.83. The Bertz CT molecular complexity index is 877. The summed E-state index contributed by atoms with van der Waals surface area (Å²) in [4.78, 5) is 17.6. The quantitative estimate of drug-likeness (QED) is 0.568. The summed E-state index contributed by atoms with van der Waals surface area (Å²) in [7, 11) is 0. The molecule has 0 bridgehead atoms. The van der Waals surface area contributed by atoms with Crippen LogP contribution >= 0.6 is 0 Å². The zero-order valence-electron chi connectivity index (χ0n) is 11.4. The molecule has 3 aromatic rings. The molecule has 0 unspecified atom stereocenters. The van der Waals surface area contributed by atoms with E-state index in [0.717, 1.165) is 11.1 Å². The first-order chi connectivity index (χ1) is 10.7. The van der Waals surface area contributed by atoms with Crippen LogP contribution in [0.25, 0.3) is 11.0 Å². The van der Waals surface area contributed by atoms with Gasteiger partial charge in [0.1, 0.15) is 11.6 Å². The number of fused-ring (bicyclic) bond motifs is 1. The van der Waals surface area contributed by atoms with Crippen LogP contribution in [0.1, 0.15) is 11.1 Å². The first-order valence-corrected chi connectivity index (χ1v) is 6.53. The summed E-state index contributed by atoms with van der Waals surface area (Å²) in [6.07, 6.45) is 0. The minimum absolute atomic E-state index is 0.0612. The minimum atomic E-state index is -0.431. The van der Waals surface area contributed by atoms with Crippen LogP contribution in [0.4, 0.5) is 11.6 Å². The molecule has 22 heavy (non-hydrogen) atoms. The fourth-order valence-corrected chi connectivity index (χ4v) is 2.13. The second-order valence-electron chi connectivity index (χ2n) is 4.68. The van der Waals surface area contributed by atoms with E-state index in [-0.39, 0.29) is 5.69 Å². The van der Waals surface area contributed by atoms with Crippen molar-refractivity contribution < 1.29 is 4.92 Å². The average Bonchev–Trinajstić information content (AvgIpc) is 2.96. The molecular weight excluding hydrogens is 282 g/mol. The number of nitro benzene ring substituents is 1. The lowest BCUT2D eigenvalue weighted by Crippen LogP contribution is -2.01. The smallest absolute Gasteiger partial charge is 0.269 e. The molecule has 0 aliphatic rings. The Hall–Kier alpha value is -3.40. The number of H-pyrrole nitrogens is 1. The summed E-state index contributed by atoms with van der Waals surface area (Å²) in [5, 5.41) is 22.7. The Kier molecular flexibility index (Phi) is 3.42. The third-order valence-electron chi connectivity index (χ3n) is 3.24. The molecule has 0 amide bonds. The first kappa shape index (κ1) is 13.6. The van der Waals surface area contributed by atoms with E-state index in [0.29, 0.717) is 23.6 Å². The van der Waals surface area contributed by atoms with E-state index in [9.17, 15) is 10.1 Å². The first-order valence-electron chi connectivity index (χ1n) is 6.53. The number of hydrogen-bond donors (Lipinski definition) is 2. The Balaban J connectivity index is 1.76. The van der Waals surface area contributed by atoms with Gasteiger partial charge in [0, 0.05) is 18.7 Å². The maximum Gasteiger partial charge on any atom is 0.269 e. The summed E-state index contributed by atoms with van der Waals surface area (Å²) in [6.45, 7) is 0.472. The van der Waals surface area contributed by atoms with Crippen molar-refractivity contribution in [2.24, 2.45) is 0 Å². The highest BCUT2D eigenvalue weighted by atomic mass is 16.6. The molecule has 0 saturated heterocycles. The van der Waals surface area contributed by atoms with Crippen molar-refractivity contribution in [1.82, 2.24) is 9.97 Å².